The number of halogens is 3. The molecule has 10 heteroatoms. The van der Waals surface area contributed by atoms with E-state index in [-0.39, 0.29) is 23.1 Å². The second kappa shape index (κ2) is 8.35. The summed E-state index contributed by atoms with van der Waals surface area (Å²) in [5.74, 6) is -1.88. The topological polar surface area (TPSA) is 88.9 Å². The predicted molar refractivity (Wildman–Crippen MR) is 124 cm³/mol. The molecule has 1 atom stereocenters. The molecule has 0 saturated heterocycles. The van der Waals surface area contributed by atoms with E-state index in [0.29, 0.717) is 11.3 Å². The Labute approximate surface area is 200 Å². The third kappa shape index (κ3) is 3.84. The summed E-state index contributed by atoms with van der Waals surface area (Å²) in [5.41, 5.74) is -1.35. The number of anilines is 1. The zero-order chi connectivity index (χ0) is 25.0. The lowest BCUT2D eigenvalue weighted by Crippen LogP contribution is -2.62. The van der Waals surface area contributed by atoms with Crippen molar-refractivity contribution >= 4 is 28.5 Å². The summed E-state index contributed by atoms with van der Waals surface area (Å²) in [5, 5.41) is 5.29. The first-order valence-corrected chi connectivity index (χ1v) is 11.8. The lowest BCUT2D eigenvalue weighted by atomic mass is 9.95. The maximum Gasteiger partial charge on any atom is 0.438 e. The molecular weight excluding hydrogens is 459 g/mol. The number of rotatable bonds is 4. The molecule has 0 radical (unpaired) electrons. The Morgan fingerprint density at radius 2 is 1.80 bits per heavy atom. The molecule has 0 bridgehead atoms. The van der Waals surface area contributed by atoms with E-state index in [9.17, 15) is 22.8 Å². The van der Waals surface area contributed by atoms with Crippen molar-refractivity contribution < 1.29 is 22.8 Å². The predicted octanol–water partition coefficient (Wildman–Crippen LogP) is 4.56. The van der Waals surface area contributed by atoms with Gasteiger partial charge in [0.25, 0.3) is 11.6 Å². The Bertz CT molecular complexity index is 1330. The maximum atomic E-state index is 14.7. The number of benzene rings is 1. The molecule has 7 nitrogen and oxygen atoms in total. The molecule has 3 heterocycles. The number of Topliss-reactive ketones (excluding diaryl/α,β-unsaturated/α-hetero) is 1. The minimum Gasteiger partial charge on any atom is -0.367 e. The van der Waals surface area contributed by atoms with Crippen LogP contribution in [0.3, 0.4) is 0 Å². The number of aryl methyl sites for hydroxylation is 2. The van der Waals surface area contributed by atoms with E-state index >= 15 is 0 Å². The molecule has 2 aromatic heterocycles. The third-order valence-electron chi connectivity index (χ3n) is 7.04. The number of hydrogen-bond donors (Lipinski definition) is 2. The van der Waals surface area contributed by atoms with Gasteiger partial charge in [-0.05, 0) is 62.1 Å². The largest absolute Gasteiger partial charge is 0.438 e. The number of aromatic nitrogens is 3. The monoisotopic (exact) mass is 485 g/mol. The van der Waals surface area contributed by atoms with E-state index in [1.807, 2.05) is 12.2 Å². The number of nitrogens with zero attached hydrogens (tertiary/aromatic N) is 3. The van der Waals surface area contributed by atoms with Gasteiger partial charge >= 0.3 is 6.18 Å². The molecule has 184 valence electrons. The van der Waals surface area contributed by atoms with Gasteiger partial charge in [-0.1, -0.05) is 25.3 Å². The van der Waals surface area contributed by atoms with Gasteiger partial charge in [0, 0.05) is 6.04 Å². The van der Waals surface area contributed by atoms with E-state index in [1.54, 1.807) is 31.2 Å². The van der Waals surface area contributed by atoms with Crippen LogP contribution in [0.5, 0.6) is 0 Å². The molecule has 3 aromatic rings. The van der Waals surface area contributed by atoms with E-state index < -0.39 is 30.0 Å². The van der Waals surface area contributed by atoms with Crippen molar-refractivity contribution in [3.8, 4) is 0 Å². The fourth-order valence-electron chi connectivity index (χ4n) is 5.08. The molecule has 1 amide bonds. The van der Waals surface area contributed by atoms with Crippen molar-refractivity contribution in [2.45, 2.75) is 70.3 Å². The SMILES string of the molecule is Cc1cc2nc3n(c2cc1C)C(NC(=O)c1cccc(NC2CCCCC2)n1)(C(F)(F)F)C(=O)C3. The number of imidazole rings is 1. The number of hydrogen-bond acceptors (Lipinski definition) is 5. The van der Waals surface area contributed by atoms with E-state index in [1.165, 1.54) is 12.5 Å². The van der Waals surface area contributed by atoms with Crippen molar-refractivity contribution in [2.75, 3.05) is 5.32 Å². The Kier molecular flexibility index (Phi) is 5.56. The van der Waals surface area contributed by atoms with E-state index in [0.717, 1.165) is 41.4 Å². The lowest BCUT2D eigenvalue weighted by Gasteiger charge is -2.33. The van der Waals surface area contributed by atoms with Crippen LogP contribution in [0.1, 0.15) is 59.5 Å². The number of carbonyl (C=O) groups excluding carboxylic acids is 2. The quantitative estimate of drug-likeness (QED) is 0.566. The molecule has 2 aliphatic rings. The molecule has 1 fully saturated rings. The van der Waals surface area contributed by atoms with Crippen LogP contribution in [0.4, 0.5) is 19.0 Å². The highest BCUT2D eigenvalue weighted by Crippen LogP contribution is 2.43. The summed E-state index contributed by atoms with van der Waals surface area (Å²) >= 11 is 0. The second-order valence-corrected chi connectivity index (χ2v) is 9.44. The zero-order valence-corrected chi connectivity index (χ0v) is 19.5. The first kappa shape index (κ1) is 23.3. The van der Waals surface area contributed by atoms with Crippen LogP contribution >= 0.6 is 0 Å². The average Bonchev–Trinajstić information content (AvgIpc) is 3.28. The zero-order valence-electron chi connectivity index (χ0n) is 19.5. The molecule has 0 spiro atoms. The first-order chi connectivity index (χ1) is 16.6. The number of nitrogens with one attached hydrogen (secondary N) is 2. The van der Waals surface area contributed by atoms with Gasteiger partial charge in [0.15, 0.2) is 5.78 Å². The highest BCUT2D eigenvalue weighted by atomic mass is 19.4. The lowest BCUT2D eigenvalue weighted by molar-refractivity contribution is -0.214. The summed E-state index contributed by atoms with van der Waals surface area (Å²) in [7, 11) is 0. The van der Waals surface area contributed by atoms with Crippen molar-refractivity contribution in [1.29, 1.82) is 0 Å². The summed E-state index contributed by atoms with van der Waals surface area (Å²) in [4.78, 5) is 34.6. The molecule has 1 saturated carbocycles. The highest BCUT2D eigenvalue weighted by molar-refractivity contribution is 6.01. The van der Waals surface area contributed by atoms with Gasteiger partial charge in [-0.2, -0.15) is 13.2 Å². The fourth-order valence-corrected chi connectivity index (χ4v) is 5.08. The normalized spacial score (nSPS) is 20.8. The van der Waals surface area contributed by atoms with E-state index in [2.05, 4.69) is 15.3 Å². The second-order valence-electron chi connectivity index (χ2n) is 9.44. The van der Waals surface area contributed by atoms with Gasteiger partial charge in [0.1, 0.15) is 17.3 Å². The Morgan fingerprint density at radius 1 is 1.09 bits per heavy atom. The van der Waals surface area contributed by atoms with Gasteiger partial charge in [0.2, 0.25) is 0 Å². The van der Waals surface area contributed by atoms with Gasteiger partial charge in [0.05, 0.1) is 17.5 Å². The van der Waals surface area contributed by atoms with Gasteiger partial charge in [-0.25, -0.2) is 9.97 Å². The highest BCUT2D eigenvalue weighted by Gasteiger charge is 2.67. The molecule has 1 aromatic carbocycles. The smallest absolute Gasteiger partial charge is 0.367 e. The number of carbonyl (C=O) groups is 2. The van der Waals surface area contributed by atoms with Crippen LogP contribution in [0.25, 0.3) is 11.0 Å². The van der Waals surface area contributed by atoms with Crippen LogP contribution < -0.4 is 10.6 Å². The molecular formula is C25H26F3N5O2. The average molecular weight is 486 g/mol. The van der Waals surface area contributed by atoms with Crippen LogP contribution in [-0.4, -0.2) is 38.4 Å². The van der Waals surface area contributed by atoms with Crippen molar-refractivity contribution in [3.63, 3.8) is 0 Å². The fraction of sp³-hybridized carbons (Fsp3) is 0.440. The Morgan fingerprint density at radius 3 is 2.51 bits per heavy atom. The molecule has 1 aliphatic heterocycles. The van der Waals surface area contributed by atoms with Crippen LogP contribution in [0.15, 0.2) is 30.3 Å². The van der Waals surface area contributed by atoms with Gasteiger partial charge in [-0.3, -0.25) is 14.2 Å². The summed E-state index contributed by atoms with van der Waals surface area (Å²) in [6, 6.07) is 8.04. The van der Waals surface area contributed by atoms with Crippen LogP contribution in [0.2, 0.25) is 0 Å². The minimum absolute atomic E-state index is 0.0340. The van der Waals surface area contributed by atoms with Crippen molar-refractivity contribution in [2.24, 2.45) is 0 Å². The third-order valence-corrected chi connectivity index (χ3v) is 7.04. The van der Waals surface area contributed by atoms with Gasteiger partial charge in [-0.15, -0.1) is 0 Å². The Balaban J connectivity index is 1.53. The molecule has 2 N–H and O–H groups in total. The first-order valence-electron chi connectivity index (χ1n) is 11.8. The standard InChI is InChI=1S/C25H26F3N5O2/c1-14-11-18-19(12-15(14)2)33-22(31-18)13-20(34)24(33,25(26,27)28)32-23(35)17-9-6-10-21(30-17)29-16-7-4-3-5-8-16/h6,9-12,16H,3-5,7-8,13H2,1-2H3,(H,29,30)(H,32,35). The number of alkyl halides is 3. The molecule has 1 aliphatic carbocycles. The molecule has 1 unspecified atom stereocenters. The van der Waals surface area contributed by atoms with Gasteiger partial charge < -0.3 is 10.6 Å². The van der Waals surface area contributed by atoms with E-state index in [4.69, 9.17) is 0 Å². The summed E-state index contributed by atoms with van der Waals surface area (Å²) < 4.78 is 44.9. The number of pyridine rings is 1. The number of ketones is 1. The molecule has 35 heavy (non-hydrogen) atoms. The minimum atomic E-state index is -5.10. The summed E-state index contributed by atoms with van der Waals surface area (Å²) in [6.07, 6.45) is -0.342. The van der Waals surface area contributed by atoms with Crippen molar-refractivity contribution in [1.82, 2.24) is 19.9 Å². The molecule has 5 rings (SSSR count). The number of amides is 1. The Hall–Kier alpha value is -3.43. The maximum absolute atomic E-state index is 14.7. The van der Waals surface area contributed by atoms with Crippen LogP contribution in [0, 0.1) is 13.8 Å². The van der Waals surface area contributed by atoms with Crippen molar-refractivity contribution in [3.05, 3.63) is 53.0 Å². The number of fused-ring (bicyclic) bond motifs is 3. The summed E-state index contributed by atoms with van der Waals surface area (Å²) in [6.45, 7) is 3.61. The van der Waals surface area contributed by atoms with Crippen LogP contribution in [-0.2, 0) is 16.9 Å².